The third-order valence-corrected chi connectivity index (χ3v) is 4.04. The number of aromatic nitrogens is 1. The topological polar surface area (TPSA) is 39.2 Å². The molecule has 0 amide bonds. The molecule has 1 fully saturated rings. The van der Waals surface area contributed by atoms with Crippen LogP contribution in [0.4, 0.5) is 0 Å². The van der Waals surface area contributed by atoms with Gasteiger partial charge in [0.1, 0.15) is 11.0 Å². The van der Waals surface area contributed by atoms with Crippen LogP contribution in [0.2, 0.25) is 0 Å². The first-order valence-corrected chi connectivity index (χ1v) is 7.21. The summed E-state index contributed by atoms with van der Waals surface area (Å²) in [6, 6.07) is 0. The summed E-state index contributed by atoms with van der Waals surface area (Å²) in [4.78, 5) is 16.6. The molecular weight excluding hydrogens is 234 g/mol. The molecule has 0 radical (unpaired) electrons. The maximum atomic E-state index is 11.9. The van der Waals surface area contributed by atoms with Gasteiger partial charge in [0, 0.05) is 0 Å². The van der Waals surface area contributed by atoms with Crippen LogP contribution in [0.5, 0.6) is 0 Å². The molecule has 0 spiro atoms. The van der Waals surface area contributed by atoms with E-state index in [1.165, 1.54) is 43.4 Å². The molecule has 17 heavy (non-hydrogen) atoms. The maximum absolute atomic E-state index is 11.9. The third-order valence-electron chi connectivity index (χ3n) is 3.15. The number of ether oxygens (including phenoxy) is 1. The van der Waals surface area contributed by atoms with Crippen LogP contribution in [0, 0.1) is 6.92 Å². The number of hydrogen-bond donors (Lipinski definition) is 0. The van der Waals surface area contributed by atoms with E-state index in [4.69, 9.17) is 4.74 Å². The van der Waals surface area contributed by atoms with Crippen LogP contribution in [0.15, 0.2) is 6.20 Å². The molecule has 1 aromatic heterocycles. The predicted molar refractivity (Wildman–Crippen MR) is 68.4 cm³/mol. The van der Waals surface area contributed by atoms with Gasteiger partial charge in [-0.1, -0.05) is 19.3 Å². The Morgan fingerprint density at radius 2 is 1.94 bits per heavy atom. The lowest BCUT2D eigenvalue weighted by Gasteiger charge is -2.19. The van der Waals surface area contributed by atoms with Crippen molar-refractivity contribution in [2.45, 2.75) is 58.0 Å². The second-order valence-corrected chi connectivity index (χ2v) is 5.85. The molecule has 2 rings (SSSR count). The Balaban J connectivity index is 1.88. The van der Waals surface area contributed by atoms with Gasteiger partial charge in [-0.05, 0) is 32.6 Å². The quantitative estimate of drug-likeness (QED) is 0.754. The SMILES string of the molecule is Cc1ncc(C(=O)OC2CCCCCCC2)s1. The average molecular weight is 253 g/mol. The Morgan fingerprint density at radius 1 is 1.29 bits per heavy atom. The Morgan fingerprint density at radius 3 is 2.53 bits per heavy atom. The number of rotatable bonds is 2. The molecule has 3 nitrogen and oxygen atoms in total. The summed E-state index contributed by atoms with van der Waals surface area (Å²) in [5.74, 6) is -0.193. The Hall–Kier alpha value is -0.900. The minimum Gasteiger partial charge on any atom is -0.458 e. The average Bonchev–Trinajstić information content (AvgIpc) is 2.68. The minimum atomic E-state index is -0.193. The number of nitrogens with zero attached hydrogens (tertiary/aromatic N) is 1. The number of thiazole rings is 1. The van der Waals surface area contributed by atoms with Gasteiger partial charge in [-0.3, -0.25) is 0 Å². The van der Waals surface area contributed by atoms with Crippen LogP contribution < -0.4 is 0 Å². The lowest BCUT2D eigenvalue weighted by atomic mass is 9.99. The van der Waals surface area contributed by atoms with E-state index in [2.05, 4.69) is 4.98 Å². The standard InChI is InChI=1S/C13H19NO2S/c1-10-14-9-12(17-10)13(15)16-11-7-5-3-2-4-6-8-11/h9,11H,2-8H2,1H3. The summed E-state index contributed by atoms with van der Waals surface area (Å²) in [6.07, 6.45) is 10.00. The van der Waals surface area contributed by atoms with Gasteiger partial charge in [0.15, 0.2) is 0 Å². The molecule has 1 aliphatic carbocycles. The number of carbonyl (C=O) groups is 1. The Bertz CT molecular complexity index is 367. The van der Waals surface area contributed by atoms with E-state index in [9.17, 15) is 4.79 Å². The van der Waals surface area contributed by atoms with Crippen LogP contribution in [-0.2, 0) is 4.74 Å². The molecule has 0 unspecified atom stereocenters. The largest absolute Gasteiger partial charge is 0.458 e. The van der Waals surface area contributed by atoms with Crippen molar-refractivity contribution in [2.75, 3.05) is 0 Å². The lowest BCUT2D eigenvalue weighted by Crippen LogP contribution is -2.18. The number of carbonyl (C=O) groups excluding carboxylic acids is 1. The van der Waals surface area contributed by atoms with E-state index in [1.54, 1.807) is 6.20 Å². The van der Waals surface area contributed by atoms with Crippen molar-refractivity contribution in [3.05, 3.63) is 16.1 Å². The molecule has 4 heteroatoms. The second kappa shape index (κ2) is 6.15. The van der Waals surface area contributed by atoms with Gasteiger partial charge in [0.2, 0.25) is 0 Å². The van der Waals surface area contributed by atoms with Crippen molar-refractivity contribution >= 4 is 17.3 Å². The molecule has 94 valence electrons. The highest BCUT2D eigenvalue weighted by atomic mass is 32.1. The highest BCUT2D eigenvalue weighted by Gasteiger charge is 2.18. The molecule has 0 aliphatic heterocycles. The first kappa shape index (κ1) is 12.6. The van der Waals surface area contributed by atoms with Crippen LogP contribution in [-0.4, -0.2) is 17.1 Å². The van der Waals surface area contributed by atoms with E-state index < -0.39 is 0 Å². The van der Waals surface area contributed by atoms with E-state index in [1.807, 2.05) is 6.92 Å². The van der Waals surface area contributed by atoms with E-state index >= 15 is 0 Å². The highest BCUT2D eigenvalue weighted by Crippen LogP contribution is 2.21. The fraction of sp³-hybridized carbons (Fsp3) is 0.692. The van der Waals surface area contributed by atoms with Crippen LogP contribution in [0.1, 0.15) is 59.6 Å². The molecule has 0 aromatic carbocycles. The first-order valence-electron chi connectivity index (χ1n) is 6.39. The minimum absolute atomic E-state index is 0.116. The van der Waals surface area contributed by atoms with Crippen molar-refractivity contribution in [2.24, 2.45) is 0 Å². The monoisotopic (exact) mass is 253 g/mol. The van der Waals surface area contributed by atoms with E-state index in [0.717, 1.165) is 17.8 Å². The fourth-order valence-corrected chi connectivity index (χ4v) is 2.86. The maximum Gasteiger partial charge on any atom is 0.350 e. The third kappa shape index (κ3) is 3.80. The number of esters is 1. The van der Waals surface area contributed by atoms with Gasteiger partial charge < -0.3 is 4.74 Å². The molecule has 1 aromatic rings. The van der Waals surface area contributed by atoms with Crippen LogP contribution in [0.25, 0.3) is 0 Å². The molecular formula is C13H19NO2S. The van der Waals surface area contributed by atoms with Crippen LogP contribution in [0.3, 0.4) is 0 Å². The van der Waals surface area contributed by atoms with E-state index in [-0.39, 0.29) is 12.1 Å². The van der Waals surface area contributed by atoms with Gasteiger partial charge in [-0.15, -0.1) is 11.3 Å². The molecule has 0 saturated heterocycles. The molecule has 1 aliphatic rings. The van der Waals surface area contributed by atoms with Crippen LogP contribution >= 0.6 is 11.3 Å². The summed E-state index contributed by atoms with van der Waals surface area (Å²) >= 11 is 1.41. The smallest absolute Gasteiger partial charge is 0.350 e. The molecule has 0 bridgehead atoms. The molecule has 0 N–H and O–H groups in total. The van der Waals surface area contributed by atoms with Gasteiger partial charge >= 0.3 is 5.97 Å². The highest BCUT2D eigenvalue weighted by molar-refractivity contribution is 7.13. The summed E-state index contributed by atoms with van der Waals surface area (Å²) in [7, 11) is 0. The fourth-order valence-electron chi connectivity index (χ4n) is 2.20. The van der Waals surface area contributed by atoms with Gasteiger partial charge in [0.25, 0.3) is 0 Å². The predicted octanol–water partition coefficient (Wildman–Crippen LogP) is 3.72. The van der Waals surface area contributed by atoms with Gasteiger partial charge in [-0.2, -0.15) is 0 Å². The Kier molecular flexibility index (Phi) is 4.54. The van der Waals surface area contributed by atoms with Crippen molar-refractivity contribution in [3.63, 3.8) is 0 Å². The van der Waals surface area contributed by atoms with Gasteiger partial charge in [-0.25, -0.2) is 9.78 Å². The summed E-state index contributed by atoms with van der Waals surface area (Å²) < 4.78 is 5.56. The second-order valence-electron chi connectivity index (χ2n) is 4.62. The molecule has 1 heterocycles. The van der Waals surface area contributed by atoms with Crippen molar-refractivity contribution in [3.8, 4) is 0 Å². The zero-order valence-corrected chi connectivity index (χ0v) is 11.1. The summed E-state index contributed by atoms with van der Waals surface area (Å²) in [5, 5.41) is 0.912. The Labute approximate surface area is 106 Å². The van der Waals surface area contributed by atoms with Crippen molar-refractivity contribution in [1.82, 2.24) is 4.98 Å². The zero-order chi connectivity index (χ0) is 12.1. The van der Waals surface area contributed by atoms with Gasteiger partial charge in [0.05, 0.1) is 11.2 Å². The lowest BCUT2D eigenvalue weighted by molar-refractivity contribution is 0.0245. The number of aryl methyl sites for hydroxylation is 1. The van der Waals surface area contributed by atoms with E-state index in [0.29, 0.717) is 4.88 Å². The van der Waals surface area contributed by atoms with Crippen molar-refractivity contribution in [1.29, 1.82) is 0 Å². The molecule has 0 atom stereocenters. The number of hydrogen-bond acceptors (Lipinski definition) is 4. The first-order chi connectivity index (χ1) is 8.25. The zero-order valence-electron chi connectivity index (χ0n) is 10.3. The molecule has 1 saturated carbocycles. The normalized spacial score (nSPS) is 18.4. The van der Waals surface area contributed by atoms with Crippen molar-refractivity contribution < 1.29 is 9.53 Å². The summed E-state index contributed by atoms with van der Waals surface area (Å²) in [5.41, 5.74) is 0. The summed E-state index contributed by atoms with van der Waals surface area (Å²) in [6.45, 7) is 1.90.